The number of hydrogen-bond acceptors (Lipinski definition) is 6. The van der Waals surface area contributed by atoms with Crippen LogP contribution in [-0.4, -0.2) is 82.3 Å². The maximum Gasteiger partial charge on any atom is 0.237 e. The number of carbonyl (C=O) groups is 3. The number of aliphatic hydroxyl groups is 2. The zero-order chi connectivity index (χ0) is 33.5. The van der Waals surface area contributed by atoms with Crippen molar-refractivity contribution in [2.75, 3.05) is 26.2 Å². The van der Waals surface area contributed by atoms with Gasteiger partial charge in [0.2, 0.25) is 17.7 Å². The summed E-state index contributed by atoms with van der Waals surface area (Å²) in [4.78, 5) is 42.7. The summed E-state index contributed by atoms with van der Waals surface area (Å²) in [5, 5.41) is 26.9. The molecule has 0 radical (unpaired) electrons. The minimum absolute atomic E-state index is 0.0149. The monoisotopic (exact) mass is 644 g/mol. The number of hydrogen-bond donors (Lipinski definition) is 4. The molecule has 262 valence electrons. The molecule has 0 heterocycles. The first-order valence-electron chi connectivity index (χ1n) is 18.6. The zero-order valence-corrected chi connectivity index (χ0v) is 29.3. The predicted octanol–water partition coefficient (Wildman–Crippen LogP) is 4.80. The van der Waals surface area contributed by atoms with Crippen molar-refractivity contribution < 1.29 is 24.6 Å². The second-order valence-corrected chi connectivity index (χ2v) is 14.4. The minimum atomic E-state index is -0.883. The average Bonchev–Trinajstić information content (AvgIpc) is 3.05. The number of carbonyl (C=O) groups excluding carboxylic acids is 3. The van der Waals surface area contributed by atoms with Gasteiger partial charge in [0.15, 0.2) is 0 Å². The SMILES string of the molecule is CC#CC1CC(C(=O)NC(CC2CCC(O)CC2)C(O)CN(CCC)NC(=O)C2CCCCC2)CC(C(=O)N(CCC)CCC)C1. The van der Waals surface area contributed by atoms with Crippen LogP contribution in [0.25, 0.3) is 0 Å². The highest BCUT2D eigenvalue weighted by Gasteiger charge is 2.39. The normalized spacial score (nSPS) is 26.8. The second kappa shape index (κ2) is 20.3. The molecule has 9 heteroatoms. The Kier molecular flexibility index (Phi) is 16.9. The van der Waals surface area contributed by atoms with Crippen LogP contribution in [-0.2, 0) is 14.4 Å². The molecule has 0 spiro atoms. The molecule has 0 bridgehead atoms. The first kappa shape index (κ1) is 38.3. The third kappa shape index (κ3) is 12.1. The maximum absolute atomic E-state index is 14.0. The fourth-order valence-corrected chi connectivity index (χ4v) is 7.97. The number of rotatable bonds is 16. The Balaban J connectivity index is 1.75. The molecule has 3 aliphatic carbocycles. The Morgan fingerprint density at radius 3 is 2.04 bits per heavy atom. The average molecular weight is 645 g/mol. The molecule has 9 nitrogen and oxygen atoms in total. The highest BCUT2D eigenvalue weighted by Crippen LogP contribution is 2.35. The first-order chi connectivity index (χ1) is 22.2. The Morgan fingerprint density at radius 2 is 1.43 bits per heavy atom. The van der Waals surface area contributed by atoms with E-state index >= 15 is 0 Å². The van der Waals surface area contributed by atoms with E-state index in [0.717, 1.165) is 83.7 Å². The van der Waals surface area contributed by atoms with Crippen LogP contribution in [0.1, 0.15) is 130 Å². The Hall–Kier alpha value is -2.15. The van der Waals surface area contributed by atoms with Gasteiger partial charge >= 0.3 is 0 Å². The largest absolute Gasteiger partial charge is 0.393 e. The number of amides is 3. The number of aliphatic hydroxyl groups excluding tert-OH is 2. The van der Waals surface area contributed by atoms with E-state index < -0.39 is 12.1 Å². The van der Waals surface area contributed by atoms with Crippen molar-refractivity contribution in [3.8, 4) is 11.8 Å². The van der Waals surface area contributed by atoms with Gasteiger partial charge in [0.25, 0.3) is 0 Å². The van der Waals surface area contributed by atoms with Gasteiger partial charge < -0.3 is 20.4 Å². The number of nitrogens with zero attached hydrogens (tertiary/aromatic N) is 2. The fourth-order valence-electron chi connectivity index (χ4n) is 7.97. The van der Waals surface area contributed by atoms with Gasteiger partial charge in [-0.2, -0.15) is 0 Å². The molecule has 4 N–H and O–H groups in total. The van der Waals surface area contributed by atoms with Gasteiger partial charge in [-0.15, -0.1) is 11.8 Å². The van der Waals surface area contributed by atoms with Crippen molar-refractivity contribution in [1.82, 2.24) is 20.7 Å². The zero-order valence-electron chi connectivity index (χ0n) is 29.3. The van der Waals surface area contributed by atoms with Crippen LogP contribution in [0.15, 0.2) is 0 Å². The van der Waals surface area contributed by atoms with Crippen molar-refractivity contribution in [3.63, 3.8) is 0 Å². The second-order valence-electron chi connectivity index (χ2n) is 14.4. The number of hydrazine groups is 1. The quantitative estimate of drug-likeness (QED) is 0.142. The van der Waals surface area contributed by atoms with Crippen molar-refractivity contribution in [3.05, 3.63) is 0 Å². The van der Waals surface area contributed by atoms with Gasteiger partial charge in [-0.3, -0.25) is 19.8 Å². The molecular formula is C37H64N4O5. The third-order valence-electron chi connectivity index (χ3n) is 10.4. The van der Waals surface area contributed by atoms with Crippen LogP contribution >= 0.6 is 0 Å². The Morgan fingerprint density at radius 1 is 0.804 bits per heavy atom. The van der Waals surface area contributed by atoms with Crippen LogP contribution in [0.4, 0.5) is 0 Å². The van der Waals surface area contributed by atoms with Crippen LogP contribution in [0.5, 0.6) is 0 Å². The van der Waals surface area contributed by atoms with Gasteiger partial charge in [-0.25, -0.2) is 5.01 Å². The third-order valence-corrected chi connectivity index (χ3v) is 10.4. The lowest BCUT2D eigenvalue weighted by atomic mass is 9.74. The smallest absolute Gasteiger partial charge is 0.237 e. The van der Waals surface area contributed by atoms with Gasteiger partial charge in [-0.1, -0.05) is 40.0 Å². The Bertz CT molecular complexity index is 991. The molecule has 5 unspecified atom stereocenters. The molecule has 3 saturated carbocycles. The highest BCUT2D eigenvalue weighted by molar-refractivity contribution is 5.83. The molecule has 5 atom stereocenters. The molecule has 3 fully saturated rings. The summed E-state index contributed by atoms with van der Waals surface area (Å²) in [5.74, 6) is 6.00. The van der Waals surface area contributed by atoms with E-state index in [-0.39, 0.29) is 60.0 Å². The molecular weight excluding hydrogens is 580 g/mol. The molecule has 0 saturated heterocycles. The topological polar surface area (TPSA) is 122 Å². The van der Waals surface area contributed by atoms with Gasteiger partial charge in [0.1, 0.15) is 0 Å². The summed E-state index contributed by atoms with van der Waals surface area (Å²) < 4.78 is 0. The van der Waals surface area contributed by atoms with E-state index in [0.29, 0.717) is 32.2 Å². The standard InChI is InChI=1S/C37H64N4O5/c1-5-12-28-22-30(25-31(23-28)37(46)40(19-6-2)20-7-3)35(44)38-33(24-27-15-17-32(42)18-16-27)34(43)26-41(21-8-4)39-36(45)29-13-10-9-11-14-29/h27-34,42-43H,6-11,13-26H2,1-4H3,(H,38,44)(H,39,45). The summed E-state index contributed by atoms with van der Waals surface area (Å²) in [6, 6.07) is -0.498. The molecule has 3 amide bonds. The lowest BCUT2D eigenvalue weighted by Crippen LogP contribution is -2.55. The van der Waals surface area contributed by atoms with E-state index in [1.54, 1.807) is 0 Å². The van der Waals surface area contributed by atoms with E-state index in [9.17, 15) is 24.6 Å². The molecule has 0 aliphatic heterocycles. The molecule has 0 aromatic carbocycles. The van der Waals surface area contributed by atoms with Crippen LogP contribution < -0.4 is 10.7 Å². The summed E-state index contributed by atoms with van der Waals surface area (Å²) in [6.07, 6.45) is 12.2. The van der Waals surface area contributed by atoms with Crippen molar-refractivity contribution >= 4 is 17.7 Å². The Labute approximate surface area is 279 Å². The van der Waals surface area contributed by atoms with E-state index in [1.165, 1.54) is 6.42 Å². The molecule has 0 aromatic heterocycles. The fraction of sp³-hybridized carbons (Fsp3) is 0.865. The van der Waals surface area contributed by atoms with E-state index in [4.69, 9.17) is 0 Å². The van der Waals surface area contributed by atoms with Gasteiger partial charge in [0, 0.05) is 49.9 Å². The van der Waals surface area contributed by atoms with Crippen molar-refractivity contribution in [1.29, 1.82) is 0 Å². The van der Waals surface area contributed by atoms with Crippen LogP contribution in [0.2, 0.25) is 0 Å². The lowest BCUT2D eigenvalue weighted by Gasteiger charge is -2.37. The summed E-state index contributed by atoms with van der Waals surface area (Å²) in [7, 11) is 0. The molecule has 0 aromatic rings. The maximum atomic E-state index is 14.0. The summed E-state index contributed by atoms with van der Waals surface area (Å²) in [5.41, 5.74) is 3.10. The molecule has 3 rings (SSSR count). The van der Waals surface area contributed by atoms with Crippen LogP contribution in [0, 0.1) is 41.4 Å². The molecule has 46 heavy (non-hydrogen) atoms. The first-order valence-corrected chi connectivity index (χ1v) is 18.6. The summed E-state index contributed by atoms with van der Waals surface area (Å²) >= 11 is 0. The minimum Gasteiger partial charge on any atom is -0.393 e. The van der Waals surface area contributed by atoms with Crippen molar-refractivity contribution in [2.45, 2.75) is 149 Å². The number of nitrogens with one attached hydrogen (secondary N) is 2. The van der Waals surface area contributed by atoms with Gasteiger partial charge in [0.05, 0.1) is 18.2 Å². The van der Waals surface area contributed by atoms with Crippen LogP contribution in [0.3, 0.4) is 0 Å². The van der Waals surface area contributed by atoms with E-state index in [2.05, 4.69) is 43.4 Å². The highest BCUT2D eigenvalue weighted by atomic mass is 16.3. The van der Waals surface area contributed by atoms with Gasteiger partial charge in [-0.05, 0) is 96.3 Å². The lowest BCUT2D eigenvalue weighted by molar-refractivity contribution is -0.139. The molecule has 3 aliphatic rings. The van der Waals surface area contributed by atoms with E-state index in [1.807, 2.05) is 16.8 Å². The predicted molar refractivity (Wildman–Crippen MR) is 182 cm³/mol. The summed E-state index contributed by atoms with van der Waals surface area (Å²) in [6.45, 7) is 10.3. The van der Waals surface area contributed by atoms with Crippen molar-refractivity contribution in [2.24, 2.45) is 29.6 Å².